The van der Waals surface area contributed by atoms with Crippen molar-refractivity contribution in [3.05, 3.63) is 39.9 Å². The molecule has 0 saturated heterocycles. The molecule has 0 atom stereocenters. The molecule has 6 heteroatoms. The van der Waals surface area contributed by atoms with Gasteiger partial charge in [-0.2, -0.15) is 5.10 Å². The van der Waals surface area contributed by atoms with Crippen LogP contribution >= 0.6 is 0 Å². The highest BCUT2D eigenvalue weighted by molar-refractivity contribution is 5.82. The zero-order valence-electron chi connectivity index (χ0n) is 10.8. The Kier molecular flexibility index (Phi) is 6.21. The number of unbranched alkanes of at least 4 members (excludes halogenated alkanes) is 2. The van der Waals surface area contributed by atoms with Crippen molar-refractivity contribution in [2.75, 3.05) is 0 Å². The van der Waals surface area contributed by atoms with Crippen LogP contribution in [-0.4, -0.2) is 17.0 Å². The summed E-state index contributed by atoms with van der Waals surface area (Å²) in [6.45, 7) is 2.07. The Morgan fingerprint density at radius 1 is 1.37 bits per heavy atom. The molecule has 1 rings (SSSR count). The molecule has 0 aromatic heterocycles. The van der Waals surface area contributed by atoms with E-state index in [0.717, 1.165) is 19.3 Å². The van der Waals surface area contributed by atoms with Crippen molar-refractivity contribution in [3.8, 4) is 0 Å². The monoisotopic (exact) mass is 263 g/mol. The van der Waals surface area contributed by atoms with E-state index in [1.807, 2.05) is 0 Å². The summed E-state index contributed by atoms with van der Waals surface area (Å²) >= 11 is 0. The molecule has 6 nitrogen and oxygen atoms in total. The summed E-state index contributed by atoms with van der Waals surface area (Å²) in [6, 6.07) is 5.94. The van der Waals surface area contributed by atoms with Crippen molar-refractivity contribution in [2.24, 2.45) is 5.10 Å². The number of benzene rings is 1. The number of nitrogens with zero attached hydrogens (tertiary/aromatic N) is 2. The standard InChI is InChI=1S/C13H17N3O3/c1-2-3-4-5-13(17)15-14-10-11-6-8-12(9-7-11)16(18)19/h6-10H,2-5H2,1H3,(H,15,17). The van der Waals surface area contributed by atoms with Crippen LogP contribution in [0.15, 0.2) is 29.4 Å². The number of hydrogen-bond donors (Lipinski definition) is 1. The first-order valence-electron chi connectivity index (χ1n) is 6.20. The van der Waals surface area contributed by atoms with Gasteiger partial charge in [-0.25, -0.2) is 5.43 Å². The molecule has 0 aliphatic heterocycles. The molecule has 0 aliphatic rings. The molecular formula is C13H17N3O3. The van der Waals surface area contributed by atoms with E-state index in [9.17, 15) is 14.9 Å². The third-order valence-corrected chi connectivity index (χ3v) is 2.51. The summed E-state index contributed by atoms with van der Waals surface area (Å²) in [4.78, 5) is 21.3. The van der Waals surface area contributed by atoms with Gasteiger partial charge in [0.25, 0.3) is 5.69 Å². The third-order valence-electron chi connectivity index (χ3n) is 2.51. The maximum absolute atomic E-state index is 11.3. The molecule has 0 heterocycles. The van der Waals surface area contributed by atoms with E-state index in [-0.39, 0.29) is 11.6 Å². The molecule has 0 radical (unpaired) electrons. The average Bonchev–Trinajstić information content (AvgIpc) is 2.39. The lowest BCUT2D eigenvalue weighted by atomic mass is 10.2. The Bertz CT molecular complexity index is 455. The van der Waals surface area contributed by atoms with E-state index < -0.39 is 4.92 Å². The summed E-state index contributed by atoms with van der Waals surface area (Å²) in [5.41, 5.74) is 3.15. The minimum atomic E-state index is -0.462. The van der Waals surface area contributed by atoms with E-state index >= 15 is 0 Å². The molecule has 1 amide bonds. The van der Waals surface area contributed by atoms with Gasteiger partial charge in [-0.3, -0.25) is 14.9 Å². The fourth-order valence-electron chi connectivity index (χ4n) is 1.45. The van der Waals surface area contributed by atoms with Crippen LogP contribution in [0.2, 0.25) is 0 Å². The SMILES string of the molecule is CCCCCC(=O)NN=Cc1ccc([N+](=O)[O-])cc1. The number of carbonyl (C=O) groups is 1. The quantitative estimate of drug-likeness (QED) is 0.355. The van der Waals surface area contributed by atoms with E-state index in [0.29, 0.717) is 12.0 Å². The second kappa shape index (κ2) is 7.97. The fraction of sp³-hybridized carbons (Fsp3) is 0.385. The number of nitrogens with one attached hydrogen (secondary N) is 1. The molecule has 0 fully saturated rings. The summed E-state index contributed by atoms with van der Waals surface area (Å²) in [5, 5.41) is 14.3. The largest absolute Gasteiger partial charge is 0.273 e. The van der Waals surface area contributed by atoms with Crippen LogP contribution in [-0.2, 0) is 4.79 Å². The van der Waals surface area contributed by atoms with Gasteiger partial charge in [0.2, 0.25) is 5.91 Å². The van der Waals surface area contributed by atoms with Gasteiger partial charge in [-0.1, -0.05) is 19.8 Å². The van der Waals surface area contributed by atoms with Crippen LogP contribution in [0.1, 0.15) is 38.2 Å². The number of amides is 1. The summed E-state index contributed by atoms with van der Waals surface area (Å²) in [6.07, 6.45) is 4.88. The van der Waals surface area contributed by atoms with Crippen LogP contribution in [0, 0.1) is 10.1 Å². The van der Waals surface area contributed by atoms with Gasteiger partial charge in [-0.15, -0.1) is 0 Å². The topological polar surface area (TPSA) is 84.6 Å². The minimum absolute atomic E-state index is 0.0285. The molecule has 0 saturated carbocycles. The molecule has 1 N–H and O–H groups in total. The van der Waals surface area contributed by atoms with E-state index in [4.69, 9.17) is 0 Å². The zero-order valence-corrected chi connectivity index (χ0v) is 10.8. The van der Waals surface area contributed by atoms with Crippen molar-refractivity contribution < 1.29 is 9.72 Å². The Balaban J connectivity index is 2.40. The van der Waals surface area contributed by atoms with Gasteiger partial charge in [0.05, 0.1) is 11.1 Å². The number of hydrazone groups is 1. The van der Waals surface area contributed by atoms with E-state index in [2.05, 4.69) is 17.5 Å². The Labute approximate surface area is 111 Å². The van der Waals surface area contributed by atoms with Crippen LogP contribution in [0.25, 0.3) is 0 Å². The Hall–Kier alpha value is -2.24. The van der Waals surface area contributed by atoms with Crippen molar-refractivity contribution >= 4 is 17.8 Å². The molecule has 19 heavy (non-hydrogen) atoms. The van der Waals surface area contributed by atoms with Gasteiger partial charge in [0, 0.05) is 18.6 Å². The van der Waals surface area contributed by atoms with Crippen LogP contribution < -0.4 is 5.43 Å². The highest BCUT2D eigenvalue weighted by atomic mass is 16.6. The molecule has 0 spiro atoms. The van der Waals surface area contributed by atoms with Gasteiger partial charge in [-0.05, 0) is 24.1 Å². The van der Waals surface area contributed by atoms with Crippen molar-refractivity contribution in [1.82, 2.24) is 5.43 Å². The van der Waals surface area contributed by atoms with Gasteiger partial charge in [0.1, 0.15) is 0 Å². The smallest absolute Gasteiger partial charge is 0.269 e. The number of nitro benzene ring substituents is 1. The number of nitro groups is 1. The van der Waals surface area contributed by atoms with E-state index in [1.165, 1.54) is 18.3 Å². The maximum atomic E-state index is 11.3. The van der Waals surface area contributed by atoms with Crippen LogP contribution in [0.4, 0.5) is 5.69 Å². The second-order valence-electron chi connectivity index (χ2n) is 4.10. The van der Waals surface area contributed by atoms with Crippen LogP contribution in [0.5, 0.6) is 0 Å². The normalized spacial score (nSPS) is 10.6. The molecule has 0 aliphatic carbocycles. The van der Waals surface area contributed by atoms with Crippen molar-refractivity contribution in [1.29, 1.82) is 0 Å². The Morgan fingerprint density at radius 3 is 2.63 bits per heavy atom. The lowest BCUT2D eigenvalue weighted by Crippen LogP contribution is -2.16. The molecule has 102 valence electrons. The lowest BCUT2D eigenvalue weighted by molar-refractivity contribution is -0.384. The third kappa shape index (κ3) is 5.76. The molecule has 1 aromatic carbocycles. The lowest BCUT2D eigenvalue weighted by Gasteiger charge is -1.98. The van der Waals surface area contributed by atoms with Gasteiger partial charge >= 0.3 is 0 Å². The van der Waals surface area contributed by atoms with Crippen LogP contribution in [0.3, 0.4) is 0 Å². The Morgan fingerprint density at radius 2 is 2.05 bits per heavy atom. The highest BCUT2D eigenvalue weighted by Crippen LogP contribution is 2.10. The summed E-state index contributed by atoms with van der Waals surface area (Å²) < 4.78 is 0. The van der Waals surface area contributed by atoms with Crippen molar-refractivity contribution in [3.63, 3.8) is 0 Å². The minimum Gasteiger partial charge on any atom is -0.273 e. The van der Waals surface area contributed by atoms with Gasteiger partial charge in [0.15, 0.2) is 0 Å². The number of hydrogen-bond acceptors (Lipinski definition) is 4. The first kappa shape index (κ1) is 14.8. The van der Waals surface area contributed by atoms with E-state index in [1.54, 1.807) is 12.1 Å². The average molecular weight is 263 g/mol. The molecule has 0 bridgehead atoms. The molecular weight excluding hydrogens is 246 g/mol. The zero-order chi connectivity index (χ0) is 14.1. The first-order valence-corrected chi connectivity index (χ1v) is 6.20. The number of carbonyl (C=O) groups excluding carboxylic acids is 1. The fourth-order valence-corrected chi connectivity index (χ4v) is 1.45. The highest BCUT2D eigenvalue weighted by Gasteiger charge is 2.02. The second-order valence-corrected chi connectivity index (χ2v) is 4.10. The first-order chi connectivity index (χ1) is 9.13. The summed E-state index contributed by atoms with van der Waals surface area (Å²) in [5.74, 6) is -0.119. The summed E-state index contributed by atoms with van der Waals surface area (Å²) in [7, 11) is 0. The predicted octanol–water partition coefficient (Wildman–Crippen LogP) is 2.63. The molecule has 1 aromatic rings. The van der Waals surface area contributed by atoms with Gasteiger partial charge < -0.3 is 0 Å². The maximum Gasteiger partial charge on any atom is 0.269 e. The van der Waals surface area contributed by atoms with Crippen molar-refractivity contribution in [2.45, 2.75) is 32.6 Å². The predicted molar refractivity (Wildman–Crippen MR) is 73.0 cm³/mol. The molecule has 0 unspecified atom stereocenters. The number of rotatable bonds is 7. The number of non-ortho nitro benzene ring substituents is 1.